The van der Waals surface area contributed by atoms with Crippen LogP contribution in [0.2, 0.25) is 0 Å². The van der Waals surface area contributed by atoms with Gasteiger partial charge in [0.25, 0.3) is 0 Å². The van der Waals surface area contributed by atoms with Gasteiger partial charge in [0, 0.05) is 0 Å². The van der Waals surface area contributed by atoms with Crippen molar-refractivity contribution >= 4 is 0 Å². The standard InChI is InChI=1S/C6H12N2O2/c1-6(2)5-8(7-9)3-4-10-6/h3-5H2,1-2H3. The third-order valence-electron chi connectivity index (χ3n) is 1.52. The fraction of sp³-hybridized carbons (Fsp3) is 1.00. The van der Waals surface area contributed by atoms with Gasteiger partial charge in [-0.2, -0.15) is 0 Å². The van der Waals surface area contributed by atoms with E-state index in [-0.39, 0.29) is 5.60 Å². The van der Waals surface area contributed by atoms with E-state index in [2.05, 4.69) is 5.29 Å². The van der Waals surface area contributed by atoms with Gasteiger partial charge in [-0.05, 0) is 13.8 Å². The molecule has 4 nitrogen and oxygen atoms in total. The van der Waals surface area contributed by atoms with Crippen LogP contribution in [0.1, 0.15) is 13.8 Å². The smallest absolute Gasteiger partial charge is 0.0819 e. The maximum atomic E-state index is 10.1. The van der Waals surface area contributed by atoms with E-state index in [9.17, 15) is 4.91 Å². The molecule has 0 aliphatic carbocycles. The quantitative estimate of drug-likeness (QED) is 0.511. The van der Waals surface area contributed by atoms with Gasteiger partial charge in [-0.15, -0.1) is 4.91 Å². The van der Waals surface area contributed by atoms with Gasteiger partial charge < -0.3 is 4.74 Å². The summed E-state index contributed by atoms with van der Waals surface area (Å²) in [6.45, 7) is 5.71. The van der Waals surface area contributed by atoms with Gasteiger partial charge in [0.1, 0.15) is 0 Å². The Morgan fingerprint density at radius 2 is 2.30 bits per heavy atom. The van der Waals surface area contributed by atoms with Crippen molar-refractivity contribution in [3.05, 3.63) is 4.91 Å². The Hall–Kier alpha value is -0.640. The Balaban J connectivity index is 2.47. The van der Waals surface area contributed by atoms with Crippen LogP contribution >= 0.6 is 0 Å². The number of morpholine rings is 1. The first-order chi connectivity index (χ1) is 4.64. The van der Waals surface area contributed by atoms with E-state index in [0.29, 0.717) is 19.7 Å². The van der Waals surface area contributed by atoms with Crippen molar-refractivity contribution in [1.82, 2.24) is 5.01 Å². The zero-order valence-corrected chi connectivity index (χ0v) is 6.33. The molecule has 1 heterocycles. The fourth-order valence-corrected chi connectivity index (χ4v) is 1.06. The summed E-state index contributed by atoms with van der Waals surface area (Å²) in [7, 11) is 0. The van der Waals surface area contributed by atoms with E-state index in [1.165, 1.54) is 5.01 Å². The molecule has 1 aliphatic heterocycles. The van der Waals surface area contributed by atoms with Gasteiger partial charge in [-0.3, -0.25) is 5.01 Å². The molecular weight excluding hydrogens is 132 g/mol. The number of hydrogen-bond donors (Lipinski definition) is 0. The molecule has 0 amide bonds. The normalized spacial score (nSPS) is 24.4. The number of nitroso groups, excluding NO2 is 1. The monoisotopic (exact) mass is 144 g/mol. The lowest BCUT2D eigenvalue weighted by Crippen LogP contribution is -2.45. The van der Waals surface area contributed by atoms with Crippen LogP contribution < -0.4 is 0 Å². The minimum atomic E-state index is -0.216. The Morgan fingerprint density at radius 3 is 2.70 bits per heavy atom. The summed E-state index contributed by atoms with van der Waals surface area (Å²) in [6.07, 6.45) is 0. The molecule has 1 saturated heterocycles. The molecule has 0 aromatic carbocycles. The average molecular weight is 144 g/mol. The SMILES string of the molecule is CC1(C)CN(N=O)CCO1. The molecule has 0 atom stereocenters. The van der Waals surface area contributed by atoms with Gasteiger partial charge in [-0.1, -0.05) is 0 Å². The Bertz CT molecular complexity index is 136. The molecule has 0 aromatic rings. The molecule has 4 heteroatoms. The third-order valence-corrected chi connectivity index (χ3v) is 1.52. The molecule has 1 aliphatic rings. The number of nitrogens with zero attached hydrogens (tertiary/aromatic N) is 2. The summed E-state index contributed by atoms with van der Waals surface area (Å²) >= 11 is 0. The lowest BCUT2D eigenvalue weighted by atomic mass is 10.1. The zero-order chi connectivity index (χ0) is 7.61. The maximum Gasteiger partial charge on any atom is 0.0819 e. The average Bonchev–Trinajstić information content (AvgIpc) is 1.86. The molecule has 0 unspecified atom stereocenters. The zero-order valence-electron chi connectivity index (χ0n) is 6.33. The predicted molar refractivity (Wildman–Crippen MR) is 37.4 cm³/mol. The van der Waals surface area contributed by atoms with Crippen LogP contribution in [0.15, 0.2) is 5.29 Å². The highest BCUT2D eigenvalue weighted by molar-refractivity contribution is 4.76. The van der Waals surface area contributed by atoms with Gasteiger partial charge in [0.05, 0.1) is 30.6 Å². The lowest BCUT2D eigenvalue weighted by Gasteiger charge is -2.34. The van der Waals surface area contributed by atoms with Crippen molar-refractivity contribution in [2.75, 3.05) is 19.7 Å². The van der Waals surface area contributed by atoms with Gasteiger partial charge in [-0.25, -0.2) is 0 Å². The molecule has 1 fully saturated rings. The van der Waals surface area contributed by atoms with Crippen molar-refractivity contribution < 1.29 is 4.74 Å². The molecule has 0 aromatic heterocycles. The molecule has 1 rings (SSSR count). The van der Waals surface area contributed by atoms with E-state index in [4.69, 9.17) is 4.74 Å². The van der Waals surface area contributed by atoms with Crippen molar-refractivity contribution in [3.63, 3.8) is 0 Å². The Kier molecular flexibility index (Phi) is 1.89. The van der Waals surface area contributed by atoms with Crippen LogP contribution in [0.3, 0.4) is 0 Å². The summed E-state index contributed by atoms with van der Waals surface area (Å²) in [5.74, 6) is 0. The second-order valence-corrected chi connectivity index (χ2v) is 3.08. The lowest BCUT2D eigenvalue weighted by molar-refractivity contribution is -0.0860. The van der Waals surface area contributed by atoms with Crippen molar-refractivity contribution in [1.29, 1.82) is 0 Å². The van der Waals surface area contributed by atoms with Crippen LogP contribution in [0.25, 0.3) is 0 Å². The van der Waals surface area contributed by atoms with Gasteiger partial charge in [0.15, 0.2) is 0 Å². The van der Waals surface area contributed by atoms with Crippen LogP contribution in [-0.2, 0) is 4.74 Å². The van der Waals surface area contributed by atoms with Crippen LogP contribution in [-0.4, -0.2) is 30.3 Å². The summed E-state index contributed by atoms with van der Waals surface area (Å²) in [4.78, 5) is 10.1. The fourth-order valence-electron chi connectivity index (χ4n) is 1.06. The molecule has 10 heavy (non-hydrogen) atoms. The molecule has 0 saturated carbocycles. The van der Waals surface area contributed by atoms with E-state index in [1.54, 1.807) is 0 Å². The number of ether oxygens (including phenoxy) is 1. The van der Waals surface area contributed by atoms with Crippen molar-refractivity contribution in [3.8, 4) is 0 Å². The Labute approximate surface area is 60.1 Å². The van der Waals surface area contributed by atoms with Crippen LogP contribution in [0.4, 0.5) is 0 Å². The van der Waals surface area contributed by atoms with E-state index >= 15 is 0 Å². The number of rotatable bonds is 1. The highest BCUT2D eigenvalue weighted by atomic mass is 16.5. The number of hydrogen-bond acceptors (Lipinski definition) is 3. The molecule has 0 N–H and O–H groups in total. The largest absolute Gasteiger partial charge is 0.372 e. The van der Waals surface area contributed by atoms with Gasteiger partial charge in [0.2, 0.25) is 0 Å². The Morgan fingerprint density at radius 1 is 1.60 bits per heavy atom. The van der Waals surface area contributed by atoms with E-state index in [1.807, 2.05) is 13.8 Å². The van der Waals surface area contributed by atoms with Crippen molar-refractivity contribution in [2.45, 2.75) is 19.4 Å². The molecule has 0 bridgehead atoms. The highest BCUT2D eigenvalue weighted by Gasteiger charge is 2.26. The highest BCUT2D eigenvalue weighted by Crippen LogP contribution is 2.15. The first-order valence-corrected chi connectivity index (χ1v) is 3.36. The molecule has 58 valence electrons. The summed E-state index contributed by atoms with van der Waals surface area (Å²) in [6, 6.07) is 0. The predicted octanol–water partition coefficient (Wildman–Crippen LogP) is 0.779. The van der Waals surface area contributed by atoms with Crippen LogP contribution in [0, 0.1) is 4.91 Å². The third kappa shape index (κ3) is 1.67. The minimum absolute atomic E-state index is 0.216. The topological polar surface area (TPSA) is 41.9 Å². The minimum Gasteiger partial charge on any atom is -0.372 e. The summed E-state index contributed by atoms with van der Waals surface area (Å²) in [5.41, 5.74) is -0.216. The van der Waals surface area contributed by atoms with Crippen LogP contribution in [0.5, 0.6) is 0 Å². The first kappa shape index (κ1) is 7.47. The van der Waals surface area contributed by atoms with Gasteiger partial charge >= 0.3 is 0 Å². The van der Waals surface area contributed by atoms with E-state index < -0.39 is 0 Å². The second-order valence-electron chi connectivity index (χ2n) is 3.08. The first-order valence-electron chi connectivity index (χ1n) is 3.36. The summed E-state index contributed by atoms with van der Waals surface area (Å²) < 4.78 is 5.36. The molecular formula is C6H12N2O2. The summed E-state index contributed by atoms with van der Waals surface area (Å²) in [5, 5.41) is 4.34. The van der Waals surface area contributed by atoms with Crippen molar-refractivity contribution in [2.24, 2.45) is 5.29 Å². The second kappa shape index (κ2) is 2.54. The molecule has 0 spiro atoms. The van der Waals surface area contributed by atoms with E-state index in [0.717, 1.165) is 0 Å². The maximum absolute atomic E-state index is 10.1. The molecule has 0 radical (unpaired) electrons.